The lowest BCUT2D eigenvalue weighted by atomic mass is 10.1. The van der Waals surface area contributed by atoms with Crippen molar-refractivity contribution in [2.24, 2.45) is 10.7 Å². The monoisotopic (exact) mass is 325 g/mol. The molecule has 0 radical (unpaired) electrons. The van der Waals surface area contributed by atoms with Gasteiger partial charge in [0.2, 0.25) is 0 Å². The molecule has 0 heterocycles. The third-order valence-electron chi connectivity index (χ3n) is 3.78. The van der Waals surface area contributed by atoms with E-state index in [1.54, 1.807) is 0 Å². The van der Waals surface area contributed by atoms with Gasteiger partial charge in [-0.1, -0.05) is 60.7 Å². The van der Waals surface area contributed by atoms with Gasteiger partial charge in [-0.3, -0.25) is 4.99 Å². The van der Waals surface area contributed by atoms with Crippen molar-refractivity contribution in [3.05, 3.63) is 71.8 Å². The van der Waals surface area contributed by atoms with E-state index in [1.165, 1.54) is 11.1 Å². The normalized spacial score (nSPS) is 12.8. The molecule has 0 aliphatic rings. The molecule has 2 rings (SSSR count). The summed E-state index contributed by atoms with van der Waals surface area (Å²) in [7, 11) is 0. The van der Waals surface area contributed by atoms with Crippen LogP contribution in [0.5, 0.6) is 0 Å². The molecular weight excluding hydrogens is 298 g/mol. The van der Waals surface area contributed by atoms with Gasteiger partial charge in [0.1, 0.15) is 0 Å². The molecule has 1 unspecified atom stereocenters. The van der Waals surface area contributed by atoms with Crippen LogP contribution in [0.2, 0.25) is 0 Å². The largest absolute Gasteiger partial charge is 0.374 e. The van der Waals surface area contributed by atoms with Crippen molar-refractivity contribution >= 4 is 5.96 Å². The highest BCUT2D eigenvalue weighted by atomic mass is 16.5. The Balaban J connectivity index is 1.56. The van der Waals surface area contributed by atoms with Crippen LogP contribution in [0.25, 0.3) is 0 Å². The molecule has 0 amide bonds. The van der Waals surface area contributed by atoms with Gasteiger partial charge in [-0.15, -0.1) is 0 Å². The highest BCUT2D eigenvalue weighted by Crippen LogP contribution is 2.15. The number of rotatable bonds is 9. The Morgan fingerprint density at radius 1 is 1.08 bits per heavy atom. The van der Waals surface area contributed by atoms with Crippen molar-refractivity contribution in [1.29, 1.82) is 0 Å². The van der Waals surface area contributed by atoms with Crippen molar-refractivity contribution < 1.29 is 4.74 Å². The van der Waals surface area contributed by atoms with Gasteiger partial charge in [-0.25, -0.2) is 0 Å². The van der Waals surface area contributed by atoms with Crippen molar-refractivity contribution in [2.75, 3.05) is 19.7 Å². The van der Waals surface area contributed by atoms with Crippen LogP contribution in [0, 0.1) is 0 Å². The maximum atomic E-state index is 5.87. The van der Waals surface area contributed by atoms with Gasteiger partial charge in [0.05, 0.1) is 6.10 Å². The predicted molar refractivity (Wildman–Crippen MR) is 100 cm³/mol. The number of nitrogens with zero attached hydrogens (tertiary/aromatic N) is 1. The van der Waals surface area contributed by atoms with Gasteiger partial charge in [0.15, 0.2) is 5.96 Å². The topological polar surface area (TPSA) is 59.6 Å². The molecule has 0 bridgehead atoms. The molecule has 4 nitrogen and oxygen atoms in total. The minimum absolute atomic E-state index is 0.108. The standard InChI is InChI=1S/C20H27N3O/c1-17(19-11-6-3-7-12-19)24-16-8-14-22-20(21)23-15-13-18-9-4-2-5-10-18/h2-7,9-12,17H,8,13-16H2,1H3,(H3,21,22,23). The Labute approximate surface area is 144 Å². The fraction of sp³-hybridized carbons (Fsp3) is 0.350. The minimum atomic E-state index is 0.108. The van der Waals surface area contributed by atoms with E-state index in [1.807, 2.05) is 36.4 Å². The van der Waals surface area contributed by atoms with Crippen LogP contribution in [0.3, 0.4) is 0 Å². The lowest BCUT2D eigenvalue weighted by molar-refractivity contribution is 0.0652. The number of hydrogen-bond acceptors (Lipinski definition) is 2. The number of benzene rings is 2. The third kappa shape index (κ3) is 6.84. The zero-order chi connectivity index (χ0) is 17.0. The average Bonchev–Trinajstić information content (AvgIpc) is 2.63. The van der Waals surface area contributed by atoms with E-state index in [0.717, 1.165) is 19.4 Å². The van der Waals surface area contributed by atoms with Crippen molar-refractivity contribution in [3.63, 3.8) is 0 Å². The second-order valence-electron chi connectivity index (χ2n) is 5.71. The average molecular weight is 325 g/mol. The van der Waals surface area contributed by atoms with E-state index < -0.39 is 0 Å². The number of hydrogen-bond donors (Lipinski definition) is 2. The minimum Gasteiger partial charge on any atom is -0.374 e. The molecule has 2 aromatic carbocycles. The lowest BCUT2D eigenvalue weighted by Gasteiger charge is -2.12. The molecule has 4 heteroatoms. The molecule has 0 spiro atoms. The number of nitrogens with one attached hydrogen (secondary N) is 1. The molecule has 0 aliphatic carbocycles. The van der Waals surface area contributed by atoms with E-state index >= 15 is 0 Å². The summed E-state index contributed by atoms with van der Waals surface area (Å²) in [5.41, 5.74) is 8.36. The van der Waals surface area contributed by atoms with Crippen LogP contribution in [-0.2, 0) is 11.2 Å². The zero-order valence-electron chi connectivity index (χ0n) is 14.3. The van der Waals surface area contributed by atoms with Crippen molar-refractivity contribution in [3.8, 4) is 0 Å². The Kier molecular flexibility index (Phi) is 7.84. The van der Waals surface area contributed by atoms with Crippen LogP contribution in [0.1, 0.15) is 30.6 Å². The summed E-state index contributed by atoms with van der Waals surface area (Å²) in [6.07, 6.45) is 1.91. The molecule has 0 fully saturated rings. The van der Waals surface area contributed by atoms with Crippen LogP contribution >= 0.6 is 0 Å². The quantitative estimate of drug-likeness (QED) is 0.422. The second kappa shape index (κ2) is 10.4. The number of guanidine groups is 1. The van der Waals surface area contributed by atoms with Gasteiger partial charge in [-0.2, -0.15) is 0 Å². The van der Waals surface area contributed by atoms with Gasteiger partial charge in [0.25, 0.3) is 0 Å². The van der Waals surface area contributed by atoms with Gasteiger partial charge < -0.3 is 15.8 Å². The Morgan fingerprint density at radius 2 is 1.75 bits per heavy atom. The van der Waals surface area contributed by atoms with Gasteiger partial charge in [-0.05, 0) is 30.9 Å². The Hall–Kier alpha value is -2.33. The molecule has 0 aromatic heterocycles. The fourth-order valence-electron chi connectivity index (χ4n) is 2.38. The summed E-state index contributed by atoms with van der Waals surface area (Å²) in [6, 6.07) is 20.6. The first-order chi connectivity index (χ1) is 11.8. The molecule has 3 N–H and O–H groups in total. The molecule has 0 saturated heterocycles. The van der Waals surface area contributed by atoms with E-state index in [9.17, 15) is 0 Å². The molecular formula is C20H27N3O. The molecule has 0 aliphatic heterocycles. The van der Waals surface area contributed by atoms with Crippen LogP contribution in [0.15, 0.2) is 65.7 Å². The SMILES string of the molecule is CC(OCCCN=C(N)NCCc1ccccc1)c1ccccc1. The molecule has 128 valence electrons. The maximum absolute atomic E-state index is 5.87. The van der Waals surface area contributed by atoms with Crippen LogP contribution in [0.4, 0.5) is 0 Å². The first-order valence-corrected chi connectivity index (χ1v) is 8.50. The summed E-state index contributed by atoms with van der Waals surface area (Å²) in [6.45, 7) is 4.21. The first kappa shape index (κ1) is 18.0. The highest BCUT2D eigenvalue weighted by molar-refractivity contribution is 5.77. The molecule has 0 saturated carbocycles. The maximum Gasteiger partial charge on any atom is 0.188 e. The van der Waals surface area contributed by atoms with E-state index in [0.29, 0.717) is 19.1 Å². The summed E-state index contributed by atoms with van der Waals surface area (Å²) in [5, 5.41) is 3.14. The van der Waals surface area contributed by atoms with Gasteiger partial charge in [0, 0.05) is 19.7 Å². The van der Waals surface area contributed by atoms with Crippen LogP contribution < -0.4 is 11.1 Å². The molecule has 1 atom stereocenters. The van der Waals surface area contributed by atoms with Crippen LogP contribution in [-0.4, -0.2) is 25.7 Å². The second-order valence-corrected chi connectivity index (χ2v) is 5.71. The van der Waals surface area contributed by atoms with E-state index in [4.69, 9.17) is 10.5 Å². The van der Waals surface area contributed by atoms with E-state index in [2.05, 4.69) is 41.5 Å². The predicted octanol–water partition coefficient (Wildman–Crippen LogP) is 3.30. The van der Waals surface area contributed by atoms with Crippen molar-refractivity contribution in [1.82, 2.24) is 5.32 Å². The summed E-state index contributed by atoms with van der Waals surface area (Å²) in [4.78, 5) is 4.33. The number of aliphatic imine (C=N–C) groups is 1. The smallest absolute Gasteiger partial charge is 0.188 e. The number of ether oxygens (including phenoxy) is 1. The molecule has 2 aromatic rings. The van der Waals surface area contributed by atoms with Crippen molar-refractivity contribution in [2.45, 2.75) is 25.9 Å². The number of nitrogens with two attached hydrogens (primary N) is 1. The highest BCUT2D eigenvalue weighted by Gasteiger charge is 2.03. The van der Waals surface area contributed by atoms with Gasteiger partial charge >= 0.3 is 0 Å². The summed E-state index contributed by atoms with van der Waals surface area (Å²) >= 11 is 0. The Bertz CT molecular complexity index is 599. The summed E-state index contributed by atoms with van der Waals surface area (Å²) < 4.78 is 5.82. The lowest BCUT2D eigenvalue weighted by Crippen LogP contribution is -2.33. The zero-order valence-corrected chi connectivity index (χ0v) is 14.3. The Morgan fingerprint density at radius 3 is 2.46 bits per heavy atom. The third-order valence-corrected chi connectivity index (χ3v) is 3.78. The molecule has 24 heavy (non-hydrogen) atoms. The summed E-state index contributed by atoms with van der Waals surface area (Å²) in [5.74, 6) is 0.502. The first-order valence-electron chi connectivity index (χ1n) is 8.50. The van der Waals surface area contributed by atoms with E-state index in [-0.39, 0.29) is 6.10 Å². The fourth-order valence-corrected chi connectivity index (χ4v) is 2.38.